The average molecular weight is 467 g/mol. The van der Waals surface area contributed by atoms with E-state index >= 15 is 0 Å². The Morgan fingerprint density at radius 1 is 1.26 bits per heavy atom. The molecular formula is C20H23FN4O4S2. The lowest BCUT2D eigenvalue weighted by Crippen LogP contribution is -2.43. The third kappa shape index (κ3) is 4.95. The standard InChI is InChI=1S/C20H23FN4O4S2/c1-14-17-12-18(19(26)22-6-11-31(27,28)24-7-9-29-10-8-24)30-20(17)25(23-14)13-15-2-4-16(21)5-3-15/h2-5,12H,6-11,13H2,1H3,(H,22,26). The van der Waals surface area contributed by atoms with E-state index in [4.69, 9.17) is 4.74 Å². The second kappa shape index (κ2) is 9.03. The van der Waals surface area contributed by atoms with Crippen molar-refractivity contribution in [3.05, 3.63) is 52.3 Å². The Labute approximate surface area is 183 Å². The number of morpholine rings is 1. The number of hydrogen-bond donors (Lipinski definition) is 1. The molecule has 4 rings (SSSR count). The number of fused-ring (bicyclic) bond motifs is 1. The number of amides is 1. The lowest BCUT2D eigenvalue weighted by Gasteiger charge is -2.25. The fourth-order valence-electron chi connectivity index (χ4n) is 3.43. The molecule has 0 atom stereocenters. The predicted molar refractivity (Wildman–Crippen MR) is 116 cm³/mol. The highest BCUT2D eigenvalue weighted by Gasteiger charge is 2.24. The Bertz CT molecular complexity index is 1180. The number of thiophene rings is 1. The molecule has 1 aliphatic rings. The average Bonchev–Trinajstić information content (AvgIpc) is 3.32. The van der Waals surface area contributed by atoms with E-state index in [1.54, 1.807) is 22.9 Å². The number of carbonyl (C=O) groups is 1. The van der Waals surface area contributed by atoms with Gasteiger partial charge < -0.3 is 10.1 Å². The SMILES string of the molecule is Cc1nn(Cc2ccc(F)cc2)c2sc(C(=O)NCCS(=O)(=O)N3CCOCC3)cc12. The number of sulfonamides is 1. The molecule has 0 radical (unpaired) electrons. The van der Waals surface area contributed by atoms with Crippen molar-refractivity contribution in [2.75, 3.05) is 38.6 Å². The maximum absolute atomic E-state index is 13.1. The Morgan fingerprint density at radius 2 is 1.97 bits per heavy atom. The van der Waals surface area contributed by atoms with Gasteiger partial charge in [-0.1, -0.05) is 12.1 Å². The molecule has 31 heavy (non-hydrogen) atoms. The summed E-state index contributed by atoms with van der Waals surface area (Å²) in [4.78, 5) is 13.9. The highest BCUT2D eigenvalue weighted by Crippen LogP contribution is 2.29. The molecule has 2 aromatic heterocycles. The molecule has 0 unspecified atom stereocenters. The van der Waals surface area contributed by atoms with Crippen molar-refractivity contribution < 1.29 is 22.3 Å². The number of rotatable bonds is 7. The topological polar surface area (TPSA) is 93.5 Å². The van der Waals surface area contributed by atoms with E-state index in [0.29, 0.717) is 37.7 Å². The molecule has 1 aliphatic heterocycles. The van der Waals surface area contributed by atoms with Crippen molar-refractivity contribution >= 4 is 37.5 Å². The summed E-state index contributed by atoms with van der Waals surface area (Å²) in [5.41, 5.74) is 1.70. The molecule has 1 fully saturated rings. The Morgan fingerprint density at radius 3 is 2.68 bits per heavy atom. The summed E-state index contributed by atoms with van der Waals surface area (Å²) in [6, 6.07) is 7.99. The van der Waals surface area contributed by atoms with Crippen molar-refractivity contribution in [3.63, 3.8) is 0 Å². The van der Waals surface area contributed by atoms with E-state index in [-0.39, 0.29) is 24.0 Å². The molecule has 1 N–H and O–H groups in total. The number of nitrogens with zero attached hydrogens (tertiary/aromatic N) is 3. The van der Waals surface area contributed by atoms with Crippen molar-refractivity contribution in [2.24, 2.45) is 0 Å². The molecule has 1 amide bonds. The second-order valence-corrected chi connectivity index (χ2v) is 10.4. The van der Waals surface area contributed by atoms with Gasteiger partial charge in [-0.3, -0.25) is 9.48 Å². The minimum absolute atomic E-state index is 0.0352. The summed E-state index contributed by atoms with van der Waals surface area (Å²) in [5, 5.41) is 8.10. The molecule has 1 aromatic carbocycles. The van der Waals surface area contributed by atoms with Crippen LogP contribution in [0.2, 0.25) is 0 Å². The van der Waals surface area contributed by atoms with Crippen LogP contribution in [0.25, 0.3) is 10.2 Å². The van der Waals surface area contributed by atoms with Crippen LogP contribution in [0.15, 0.2) is 30.3 Å². The summed E-state index contributed by atoms with van der Waals surface area (Å²) in [5.74, 6) is -0.761. The van der Waals surface area contributed by atoms with E-state index in [0.717, 1.165) is 21.5 Å². The fraction of sp³-hybridized carbons (Fsp3) is 0.400. The highest BCUT2D eigenvalue weighted by atomic mass is 32.2. The maximum Gasteiger partial charge on any atom is 0.261 e. The first-order chi connectivity index (χ1) is 14.8. The van der Waals surface area contributed by atoms with Crippen molar-refractivity contribution in [3.8, 4) is 0 Å². The minimum Gasteiger partial charge on any atom is -0.379 e. The second-order valence-electron chi connectivity index (χ2n) is 7.28. The normalized spacial score (nSPS) is 15.4. The van der Waals surface area contributed by atoms with Crippen LogP contribution in [0.4, 0.5) is 4.39 Å². The molecule has 3 aromatic rings. The lowest BCUT2D eigenvalue weighted by molar-refractivity contribution is 0.0730. The number of ether oxygens (including phenoxy) is 1. The largest absolute Gasteiger partial charge is 0.379 e. The van der Waals surface area contributed by atoms with E-state index in [2.05, 4.69) is 10.4 Å². The van der Waals surface area contributed by atoms with E-state index in [9.17, 15) is 17.6 Å². The van der Waals surface area contributed by atoms with Gasteiger partial charge in [0.1, 0.15) is 10.6 Å². The quantitative estimate of drug-likeness (QED) is 0.575. The lowest BCUT2D eigenvalue weighted by atomic mass is 10.2. The first-order valence-electron chi connectivity index (χ1n) is 9.89. The smallest absolute Gasteiger partial charge is 0.261 e. The molecule has 3 heterocycles. The summed E-state index contributed by atoms with van der Waals surface area (Å²) in [6.45, 7) is 3.83. The van der Waals surface area contributed by atoms with Crippen LogP contribution < -0.4 is 5.32 Å². The molecule has 0 saturated carbocycles. The van der Waals surface area contributed by atoms with Gasteiger partial charge in [-0.25, -0.2) is 12.8 Å². The number of aryl methyl sites for hydroxylation is 1. The Balaban J connectivity index is 1.42. The van der Waals surface area contributed by atoms with Gasteiger partial charge in [0, 0.05) is 25.0 Å². The molecule has 0 bridgehead atoms. The number of nitrogens with one attached hydrogen (secondary N) is 1. The van der Waals surface area contributed by atoms with Crippen LogP contribution >= 0.6 is 11.3 Å². The van der Waals surface area contributed by atoms with Gasteiger partial charge >= 0.3 is 0 Å². The third-order valence-corrected chi connectivity index (χ3v) is 8.10. The van der Waals surface area contributed by atoms with Crippen LogP contribution in [0, 0.1) is 12.7 Å². The van der Waals surface area contributed by atoms with Gasteiger partial charge in [0.15, 0.2) is 0 Å². The van der Waals surface area contributed by atoms with Gasteiger partial charge in [-0.15, -0.1) is 11.3 Å². The van der Waals surface area contributed by atoms with E-state index in [1.165, 1.54) is 27.8 Å². The first-order valence-corrected chi connectivity index (χ1v) is 12.3. The third-order valence-electron chi connectivity index (χ3n) is 5.09. The Hall–Kier alpha value is -2.34. The summed E-state index contributed by atoms with van der Waals surface area (Å²) in [7, 11) is -3.42. The molecule has 8 nitrogen and oxygen atoms in total. The van der Waals surface area contributed by atoms with Gasteiger partial charge in [-0.2, -0.15) is 9.40 Å². The van der Waals surface area contributed by atoms with E-state index in [1.807, 2.05) is 6.92 Å². The minimum atomic E-state index is -3.42. The zero-order valence-electron chi connectivity index (χ0n) is 17.0. The van der Waals surface area contributed by atoms with Gasteiger partial charge in [-0.05, 0) is 30.7 Å². The number of hydrogen-bond acceptors (Lipinski definition) is 6. The van der Waals surface area contributed by atoms with Crippen molar-refractivity contribution in [2.45, 2.75) is 13.5 Å². The highest BCUT2D eigenvalue weighted by molar-refractivity contribution is 7.89. The fourth-order valence-corrected chi connectivity index (χ4v) is 5.83. The van der Waals surface area contributed by atoms with Crippen LogP contribution in [-0.4, -0.2) is 67.0 Å². The Kier molecular flexibility index (Phi) is 6.37. The molecule has 11 heteroatoms. The first kappa shape index (κ1) is 21.9. The molecule has 166 valence electrons. The van der Waals surface area contributed by atoms with Gasteiger partial charge in [0.2, 0.25) is 10.0 Å². The van der Waals surface area contributed by atoms with Crippen molar-refractivity contribution in [1.82, 2.24) is 19.4 Å². The monoisotopic (exact) mass is 466 g/mol. The van der Waals surface area contributed by atoms with Crippen LogP contribution in [0.3, 0.4) is 0 Å². The summed E-state index contributed by atoms with van der Waals surface area (Å²) < 4.78 is 46.3. The van der Waals surface area contributed by atoms with Crippen molar-refractivity contribution in [1.29, 1.82) is 0 Å². The zero-order valence-corrected chi connectivity index (χ0v) is 18.6. The summed E-state index contributed by atoms with van der Waals surface area (Å²) in [6.07, 6.45) is 0. The van der Waals surface area contributed by atoms with Crippen LogP contribution in [-0.2, 0) is 21.3 Å². The zero-order chi connectivity index (χ0) is 22.0. The van der Waals surface area contributed by atoms with Gasteiger partial charge in [0.05, 0.1) is 36.1 Å². The van der Waals surface area contributed by atoms with Gasteiger partial charge in [0.25, 0.3) is 5.91 Å². The van der Waals surface area contributed by atoms with Crippen LogP contribution in [0.5, 0.6) is 0 Å². The molecule has 0 spiro atoms. The maximum atomic E-state index is 13.1. The summed E-state index contributed by atoms with van der Waals surface area (Å²) >= 11 is 1.30. The number of aromatic nitrogens is 2. The predicted octanol–water partition coefficient (Wildman–Crippen LogP) is 1.99. The number of benzene rings is 1. The molecule has 1 saturated heterocycles. The van der Waals surface area contributed by atoms with Crippen LogP contribution in [0.1, 0.15) is 20.9 Å². The number of halogens is 1. The number of carbonyl (C=O) groups excluding carboxylic acids is 1. The van der Waals surface area contributed by atoms with E-state index < -0.39 is 10.0 Å². The molecule has 0 aliphatic carbocycles. The molecular weight excluding hydrogens is 443 g/mol.